The quantitative estimate of drug-likeness (QED) is 0.317. The van der Waals surface area contributed by atoms with Gasteiger partial charge < -0.3 is 9.47 Å². The molecule has 1 aliphatic heterocycles. The van der Waals surface area contributed by atoms with Crippen molar-refractivity contribution in [2.24, 2.45) is 5.92 Å². The van der Waals surface area contributed by atoms with E-state index in [1.54, 1.807) is 6.08 Å². The molecule has 1 rings (SSSR count). The summed E-state index contributed by atoms with van der Waals surface area (Å²) in [5.41, 5.74) is 0.437. The highest BCUT2D eigenvalue weighted by Crippen LogP contribution is 2.28. The summed E-state index contributed by atoms with van der Waals surface area (Å²) in [6.07, 6.45) is 2.98. The Balaban J connectivity index is 3.05. The molecule has 4 heteroatoms. The van der Waals surface area contributed by atoms with E-state index in [-0.39, 0.29) is 12.5 Å². The highest BCUT2D eigenvalue weighted by atomic mass is 16.6. The molecule has 0 aromatic carbocycles. The zero-order valence-electron chi connectivity index (χ0n) is 9.62. The van der Waals surface area contributed by atoms with E-state index in [1.165, 1.54) is 6.92 Å². The van der Waals surface area contributed by atoms with Crippen LogP contribution in [0.4, 0.5) is 0 Å². The summed E-state index contributed by atoms with van der Waals surface area (Å²) < 4.78 is 9.99. The Morgan fingerprint density at radius 3 is 2.88 bits per heavy atom. The number of carbonyl (C=O) groups excluding carboxylic acids is 2. The molecule has 1 aliphatic rings. The van der Waals surface area contributed by atoms with Gasteiger partial charge in [-0.15, -0.1) is 6.58 Å². The first-order valence-corrected chi connectivity index (χ1v) is 5.31. The summed E-state index contributed by atoms with van der Waals surface area (Å²) in [6.45, 7) is 7.20. The lowest BCUT2D eigenvalue weighted by Crippen LogP contribution is -2.10. The first-order valence-electron chi connectivity index (χ1n) is 5.31. The van der Waals surface area contributed by atoms with Gasteiger partial charge in [0.15, 0.2) is 0 Å². The molecule has 0 N–H and O–H groups in total. The van der Waals surface area contributed by atoms with Crippen molar-refractivity contribution in [2.75, 3.05) is 6.61 Å². The zero-order chi connectivity index (χ0) is 12.1. The molecule has 0 aromatic rings. The number of carbonyl (C=O) groups is 2. The summed E-state index contributed by atoms with van der Waals surface area (Å²) in [5, 5.41) is 0. The van der Waals surface area contributed by atoms with Gasteiger partial charge in [0.05, 0.1) is 5.57 Å². The van der Waals surface area contributed by atoms with Crippen LogP contribution in [0.3, 0.4) is 0 Å². The second-order valence-corrected chi connectivity index (χ2v) is 3.62. The van der Waals surface area contributed by atoms with Crippen LogP contribution in [0.1, 0.15) is 26.7 Å². The van der Waals surface area contributed by atoms with Crippen molar-refractivity contribution < 1.29 is 19.1 Å². The summed E-state index contributed by atoms with van der Waals surface area (Å²) in [6, 6.07) is 0. The topological polar surface area (TPSA) is 52.6 Å². The third kappa shape index (κ3) is 2.72. The number of esters is 2. The normalized spacial score (nSPS) is 22.6. The van der Waals surface area contributed by atoms with Gasteiger partial charge in [0.1, 0.15) is 12.4 Å². The van der Waals surface area contributed by atoms with Crippen LogP contribution >= 0.6 is 0 Å². The Hall–Kier alpha value is -1.58. The molecule has 1 heterocycles. The molecule has 0 saturated carbocycles. The number of cyclic esters (lactones) is 1. The average Bonchev–Trinajstić information content (AvgIpc) is 2.58. The lowest BCUT2D eigenvalue weighted by atomic mass is 9.99. The Kier molecular flexibility index (Phi) is 4.28. The average molecular weight is 224 g/mol. The Labute approximate surface area is 94.9 Å². The van der Waals surface area contributed by atoms with Gasteiger partial charge in [-0.3, -0.25) is 4.79 Å². The van der Waals surface area contributed by atoms with E-state index in [1.807, 2.05) is 6.92 Å². The van der Waals surface area contributed by atoms with Gasteiger partial charge in [0, 0.05) is 19.3 Å². The van der Waals surface area contributed by atoms with Gasteiger partial charge in [0.2, 0.25) is 0 Å². The SMILES string of the molecule is C=CC1COC(=O)/C1=C(\CCC)OC(C)=O. The first-order chi connectivity index (χ1) is 7.60. The molecule has 1 unspecified atom stereocenters. The molecule has 0 bridgehead atoms. The van der Waals surface area contributed by atoms with Crippen LogP contribution in [0.15, 0.2) is 24.0 Å². The van der Waals surface area contributed by atoms with Crippen LogP contribution in [-0.2, 0) is 19.1 Å². The second kappa shape index (κ2) is 5.49. The summed E-state index contributed by atoms with van der Waals surface area (Å²) >= 11 is 0. The van der Waals surface area contributed by atoms with Crippen molar-refractivity contribution >= 4 is 11.9 Å². The van der Waals surface area contributed by atoms with Crippen molar-refractivity contribution in [2.45, 2.75) is 26.7 Å². The zero-order valence-corrected chi connectivity index (χ0v) is 9.62. The minimum absolute atomic E-state index is 0.173. The van der Waals surface area contributed by atoms with E-state index in [0.29, 0.717) is 17.8 Å². The van der Waals surface area contributed by atoms with Crippen molar-refractivity contribution in [1.29, 1.82) is 0 Å². The number of allylic oxidation sites excluding steroid dienone is 1. The van der Waals surface area contributed by atoms with E-state index in [9.17, 15) is 9.59 Å². The van der Waals surface area contributed by atoms with Crippen LogP contribution < -0.4 is 0 Å². The van der Waals surface area contributed by atoms with E-state index in [2.05, 4.69) is 6.58 Å². The number of ether oxygens (including phenoxy) is 2. The third-order valence-electron chi connectivity index (χ3n) is 2.31. The highest BCUT2D eigenvalue weighted by Gasteiger charge is 2.32. The number of hydrogen-bond acceptors (Lipinski definition) is 4. The minimum atomic E-state index is -0.418. The van der Waals surface area contributed by atoms with Gasteiger partial charge in [-0.05, 0) is 6.42 Å². The van der Waals surface area contributed by atoms with Crippen LogP contribution in [-0.4, -0.2) is 18.5 Å². The van der Waals surface area contributed by atoms with Crippen molar-refractivity contribution in [3.05, 3.63) is 24.0 Å². The third-order valence-corrected chi connectivity index (χ3v) is 2.31. The Bertz CT molecular complexity index is 341. The molecular weight excluding hydrogens is 208 g/mol. The maximum absolute atomic E-state index is 11.5. The maximum Gasteiger partial charge on any atom is 0.338 e. The van der Waals surface area contributed by atoms with E-state index < -0.39 is 11.9 Å². The molecule has 88 valence electrons. The first kappa shape index (κ1) is 12.5. The number of hydrogen-bond donors (Lipinski definition) is 0. The van der Waals surface area contributed by atoms with Gasteiger partial charge >= 0.3 is 11.9 Å². The van der Waals surface area contributed by atoms with Crippen LogP contribution in [0.25, 0.3) is 0 Å². The largest absolute Gasteiger partial charge is 0.461 e. The molecule has 16 heavy (non-hydrogen) atoms. The van der Waals surface area contributed by atoms with Crippen molar-refractivity contribution in [3.8, 4) is 0 Å². The monoisotopic (exact) mass is 224 g/mol. The second-order valence-electron chi connectivity index (χ2n) is 3.62. The summed E-state index contributed by atoms with van der Waals surface area (Å²) in [7, 11) is 0. The van der Waals surface area contributed by atoms with Crippen LogP contribution in [0, 0.1) is 5.92 Å². The molecule has 1 atom stereocenters. The number of rotatable bonds is 4. The van der Waals surface area contributed by atoms with Crippen LogP contribution in [0.2, 0.25) is 0 Å². The molecule has 1 fully saturated rings. The molecule has 0 aromatic heterocycles. The lowest BCUT2D eigenvalue weighted by molar-refractivity contribution is -0.137. The standard InChI is InChI=1S/C12H16O4/c1-4-6-10(16-8(3)13)11-9(5-2)7-15-12(11)14/h5,9H,2,4,6-7H2,1,3H3/b11-10+. The Morgan fingerprint density at radius 2 is 2.38 bits per heavy atom. The molecule has 0 aliphatic carbocycles. The van der Waals surface area contributed by atoms with E-state index in [4.69, 9.17) is 9.47 Å². The smallest absolute Gasteiger partial charge is 0.338 e. The van der Waals surface area contributed by atoms with Gasteiger partial charge in [-0.25, -0.2) is 4.79 Å². The fourth-order valence-corrected chi connectivity index (χ4v) is 1.63. The van der Waals surface area contributed by atoms with E-state index >= 15 is 0 Å². The lowest BCUT2D eigenvalue weighted by Gasteiger charge is -2.10. The van der Waals surface area contributed by atoms with Crippen LogP contribution in [0.5, 0.6) is 0 Å². The van der Waals surface area contributed by atoms with Gasteiger partial charge in [-0.1, -0.05) is 13.0 Å². The van der Waals surface area contributed by atoms with Gasteiger partial charge in [-0.2, -0.15) is 0 Å². The molecule has 0 radical (unpaired) electrons. The predicted molar refractivity (Wildman–Crippen MR) is 58.3 cm³/mol. The highest BCUT2D eigenvalue weighted by molar-refractivity contribution is 5.92. The molecule has 0 spiro atoms. The molecular formula is C12H16O4. The van der Waals surface area contributed by atoms with E-state index in [0.717, 1.165) is 6.42 Å². The Morgan fingerprint density at radius 1 is 1.69 bits per heavy atom. The summed E-state index contributed by atoms with van der Waals surface area (Å²) in [5.74, 6) is -0.580. The molecule has 4 nitrogen and oxygen atoms in total. The molecule has 0 amide bonds. The maximum atomic E-state index is 11.5. The minimum Gasteiger partial charge on any atom is -0.461 e. The van der Waals surface area contributed by atoms with Crippen molar-refractivity contribution in [1.82, 2.24) is 0 Å². The van der Waals surface area contributed by atoms with Crippen molar-refractivity contribution in [3.63, 3.8) is 0 Å². The van der Waals surface area contributed by atoms with Gasteiger partial charge in [0.25, 0.3) is 0 Å². The fraction of sp³-hybridized carbons (Fsp3) is 0.500. The predicted octanol–water partition coefficient (Wildman–Crippen LogP) is 1.96. The summed E-state index contributed by atoms with van der Waals surface area (Å²) in [4.78, 5) is 22.5. The fourth-order valence-electron chi connectivity index (χ4n) is 1.63. The molecule has 1 saturated heterocycles.